The largest absolute Gasteiger partial charge is 0.465 e. The Hall–Kier alpha value is -4.65. The number of esters is 2. The molecular weight excluding hydrogens is 727 g/mol. The number of likely N-dealkylation sites (N-methyl/N-ethyl adjacent to an activating group) is 2. The third kappa shape index (κ3) is 26.2. The van der Waals surface area contributed by atoms with Gasteiger partial charge in [0.2, 0.25) is 11.8 Å². The van der Waals surface area contributed by atoms with Gasteiger partial charge in [-0.25, -0.2) is 6.57 Å². The van der Waals surface area contributed by atoms with Gasteiger partial charge in [-0.1, -0.05) is 74.7 Å². The highest BCUT2D eigenvalue weighted by atomic mass is 32.2. The standard InChI is InChI=1S/C11H21NO3.C11H11NS2.C9H15NO3.C8H12N4/c1-5-9(4)11(14)12(6-2)8-10(13)15-7-3;1-11(2,8-12)14-10(13)9-6-4-3-5-7-9;1-4-8(11)10(5-2)7-9(12)13-6-3;1-7(2,6-9)11-12-8(3,4)10-5/h9H,5-8H2,1-4H3;3-7H,1-2H3;4H,1,5-7H2,2-3H3;1-4H3. The fourth-order valence-electron chi connectivity index (χ4n) is 3.21. The highest BCUT2D eigenvalue weighted by molar-refractivity contribution is 8.24. The number of hydrogen-bond donors (Lipinski definition) is 0. The van der Waals surface area contributed by atoms with Crippen molar-refractivity contribution in [2.75, 3.05) is 39.4 Å². The fraction of sp³-hybridized carbons (Fsp3) is 0.590. The van der Waals surface area contributed by atoms with E-state index in [0.29, 0.717) is 26.3 Å². The third-order valence-electron chi connectivity index (χ3n) is 6.56. The fourth-order valence-corrected chi connectivity index (χ4v) is 4.74. The van der Waals surface area contributed by atoms with Crippen molar-refractivity contribution in [2.45, 2.75) is 105 Å². The Morgan fingerprint density at radius 1 is 0.907 bits per heavy atom. The summed E-state index contributed by atoms with van der Waals surface area (Å²) in [5.74, 6) is -0.987. The average Bonchev–Trinajstić information content (AvgIpc) is 3.15. The smallest absolute Gasteiger partial charge is 0.335 e. The second-order valence-electron chi connectivity index (χ2n) is 12.7. The van der Waals surface area contributed by atoms with E-state index in [0.717, 1.165) is 16.2 Å². The molecule has 2 amide bonds. The Morgan fingerprint density at radius 2 is 1.39 bits per heavy atom. The zero-order valence-electron chi connectivity index (χ0n) is 34.1. The van der Waals surface area contributed by atoms with Crippen LogP contribution in [-0.4, -0.2) is 93.1 Å². The molecule has 0 aliphatic heterocycles. The van der Waals surface area contributed by atoms with Crippen molar-refractivity contribution in [1.29, 1.82) is 10.5 Å². The van der Waals surface area contributed by atoms with Gasteiger partial charge in [0.1, 0.15) is 17.8 Å². The molecule has 1 aromatic carbocycles. The van der Waals surface area contributed by atoms with Gasteiger partial charge >= 0.3 is 17.6 Å². The number of carbonyl (C=O) groups excluding carboxylic acids is 4. The maximum atomic E-state index is 11.8. The molecule has 0 saturated heterocycles. The molecule has 0 aliphatic carbocycles. The molecule has 0 heterocycles. The first-order valence-corrected chi connectivity index (χ1v) is 18.8. The number of carbonyl (C=O) groups is 4. The van der Waals surface area contributed by atoms with Crippen molar-refractivity contribution in [3.05, 3.63) is 60.0 Å². The summed E-state index contributed by atoms with van der Waals surface area (Å²) in [4.78, 5) is 51.2. The van der Waals surface area contributed by atoms with Crippen LogP contribution >= 0.6 is 24.0 Å². The summed E-state index contributed by atoms with van der Waals surface area (Å²) in [6, 6.07) is 14.0. The average molecular weight is 786 g/mol. The molecule has 0 aromatic heterocycles. The van der Waals surface area contributed by atoms with Gasteiger partial charge in [0.15, 0.2) is 5.54 Å². The number of rotatable bonds is 15. The Labute approximate surface area is 333 Å². The zero-order chi connectivity index (χ0) is 42.5. The van der Waals surface area contributed by atoms with Crippen molar-refractivity contribution in [1.82, 2.24) is 9.80 Å². The number of thiocarbonyl (C=S) groups is 1. The highest BCUT2D eigenvalue weighted by Crippen LogP contribution is 2.28. The first kappa shape index (κ1) is 53.7. The lowest BCUT2D eigenvalue weighted by Crippen LogP contribution is -2.39. The molecule has 0 N–H and O–H groups in total. The summed E-state index contributed by atoms with van der Waals surface area (Å²) in [5, 5.41) is 25.0. The molecule has 1 rings (SSSR count). The molecule has 54 heavy (non-hydrogen) atoms. The Bertz CT molecular complexity index is 1470. The number of benzene rings is 1. The van der Waals surface area contributed by atoms with Crippen LogP contribution in [0.2, 0.25) is 0 Å². The van der Waals surface area contributed by atoms with E-state index >= 15 is 0 Å². The number of amides is 2. The van der Waals surface area contributed by atoms with Crippen LogP contribution in [0.3, 0.4) is 0 Å². The van der Waals surface area contributed by atoms with E-state index in [2.05, 4.69) is 27.7 Å². The minimum atomic E-state index is -0.853. The molecule has 0 bridgehead atoms. The minimum absolute atomic E-state index is 0.00477. The normalized spacial score (nSPS) is 11.1. The van der Waals surface area contributed by atoms with Crippen LogP contribution < -0.4 is 0 Å². The van der Waals surface area contributed by atoms with Crippen LogP contribution in [0.15, 0.2) is 53.2 Å². The molecule has 1 aromatic rings. The first-order chi connectivity index (χ1) is 25.1. The van der Waals surface area contributed by atoms with E-state index in [1.807, 2.05) is 71.0 Å². The molecule has 0 saturated carbocycles. The van der Waals surface area contributed by atoms with Crippen LogP contribution in [-0.2, 0) is 28.7 Å². The lowest BCUT2D eigenvalue weighted by Gasteiger charge is -2.22. The lowest BCUT2D eigenvalue weighted by molar-refractivity contribution is -0.150. The Balaban J connectivity index is -0.000000644. The van der Waals surface area contributed by atoms with Crippen molar-refractivity contribution >= 4 is 51.9 Å². The third-order valence-corrected chi connectivity index (χ3v) is 8.07. The van der Waals surface area contributed by atoms with Gasteiger partial charge < -0.3 is 19.3 Å². The van der Waals surface area contributed by atoms with Gasteiger partial charge in [0, 0.05) is 32.9 Å². The van der Waals surface area contributed by atoms with Crippen LogP contribution in [0.5, 0.6) is 0 Å². The Kier molecular flexibility index (Phi) is 28.6. The van der Waals surface area contributed by atoms with Gasteiger partial charge in [0.05, 0.1) is 29.5 Å². The predicted octanol–water partition coefficient (Wildman–Crippen LogP) is 7.82. The lowest BCUT2D eigenvalue weighted by atomic mass is 10.1. The van der Waals surface area contributed by atoms with E-state index in [-0.39, 0.29) is 42.8 Å². The van der Waals surface area contributed by atoms with Crippen LogP contribution in [0, 0.1) is 35.2 Å². The highest BCUT2D eigenvalue weighted by Gasteiger charge is 2.24. The molecule has 0 fully saturated rings. The number of nitriles is 2. The van der Waals surface area contributed by atoms with E-state index in [4.69, 9.17) is 38.8 Å². The monoisotopic (exact) mass is 785 g/mol. The molecule has 1 unspecified atom stereocenters. The van der Waals surface area contributed by atoms with Gasteiger partial charge in [-0.05, 0) is 73.5 Å². The molecule has 0 spiro atoms. The topological polar surface area (TPSA) is 170 Å². The molecule has 0 aliphatic rings. The maximum absolute atomic E-state index is 11.8. The van der Waals surface area contributed by atoms with Gasteiger partial charge in [-0.2, -0.15) is 15.6 Å². The summed E-state index contributed by atoms with van der Waals surface area (Å²) < 4.78 is 9.83. The van der Waals surface area contributed by atoms with Gasteiger partial charge in [-0.15, -0.1) is 5.11 Å². The summed E-state index contributed by atoms with van der Waals surface area (Å²) in [5.41, 5.74) is -0.674. The van der Waals surface area contributed by atoms with Gasteiger partial charge in [0.25, 0.3) is 0 Å². The molecule has 15 heteroatoms. The molecule has 0 radical (unpaired) electrons. The second-order valence-corrected chi connectivity index (χ2v) is 15.0. The SMILES string of the molecule is C=CC(=O)N(CC)CC(=O)OCC.CC(C)(C#N)SC(=S)c1ccccc1.CCOC(=O)CN(CC)C(=O)C(C)CC.[C-]#[N+]C(C)(C)N=NC(C)(C)C#N. The number of hydrogen-bond acceptors (Lipinski definition) is 12. The van der Waals surface area contributed by atoms with Crippen molar-refractivity contribution < 1.29 is 28.7 Å². The molecular formula is C39H59N7O6S2. The number of azo groups is 1. The maximum Gasteiger partial charge on any atom is 0.335 e. The Morgan fingerprint density at radius 3 is 1.76 bits per heavy atom. The molecule has 1 atom stereocenters. The summed E-state index contributed by atoms with van der Waals surface area (Å²) in [6.07, 6.45) is 1.97. The van der Waals surface area contributed by atoms with Crippen LogP contribution in [0.4, 0.5) is 0 Å². The summed E-state index contributed by atoms with van der Waals surface area (Å²) in [7, 11) is 0. The van der Waals surface area contributed by atoms with Crippen LogP contribution in [0.25, 0.3) is 4.85 Å². The summed E-state index contributed by atoms with van der Waals surface area (Å²) in [6.45, 7) is 33.2. The van der Waals surface area contributed by atoms with E-state index < -0.39 is 15.9 Å². The predicted molar refractivity (Wildman–Crippen MR) is 218 cm³/mol. The number of ether oxygens (including phenoxy) is 2. The molecule has 298 valence electrons. The second kappa shape index (κ2) is 28.8. The van der Waals surface area contributed by atoms with Crippen molar-refractivity contribution in [2.24, 2.45) is 16.1 Å². The summed E-state index contributed by atoms with van der Waals surface area (Å²) >= 11 is 6.67. The van der Waals surface area contributed by atoms with Gasteiger partial charge in [-0.3, -0.25) is 24.0 Å². The van der Waals surface area contributed by atoms with E-state index in [1.54, 1.807) is 48.5 Å². The quantitative estimate of drug-likeness (QED) is 0.0562. The van der Waals surface area contributed by atoms with E-state index in [1.165, 1.54) is 27.6 Å². The van der Waals surface area contributed by atoms with E-state index in [9.17, 15) is 19.2 Å². The van der Waals surface area contributed by atoms with Crippen LogP contribution in [0.1, 0.15) is 95.1 Å². The van der Waals surface area contributed by atoms with Crippen molar-refractivity contribution in [3.63, 3.8) is 0 Å². The zero-order valence-corrected chi connectivity index (χ0v) is 35.7. The molecule has 13 nitrogen and oxygen atoms in total. The minimum Gasteiger partial charge on any atom is -0.465 e. The first-order valence-electron chi connectivity index (χ1n) is 17.5. The number of nitrogens with zero attached hydrogens (tertiary/aromatic N) is 7. The van der Waals surface area contributed by atoms with Crippen molar-refractivity contribution in [3.8, 4) is 12.1 Å². The number of thioether (sulfide) groups is 1.